The summed E-state index contributed by atoms with van der Waals surface area (Å²) in [6, 6.07) is 1.47. The first-order valence-corrected chi connectivity index (χ1v) is 8.49. The van der Waals surface area contributed by atoms with Crippen molar-refractivity contribution in [2.75, 3.05) is 5.32 Å². The van der Waals surface area contributed by atoms with Crippen molar-refractivity contribution in [2.45, 2.75) is 51.6 Å². The Balaban J connectivity index is 2.19. The van der Waals surface area contributed by atoms with Gasteiger partial charge in [0.05, 0.1) is 16.6 Å². The van der Waals surface area contributed by atoms with E-state index in [-0.39, 0.29) is 17.2 Å². The van der Waals surface area contributed by atoms with Crippen LogP contribution >= 0.6 is 0 Å². The molecule has 2 N–H and O–H groups in total. The molecule has 0 spiro atoms. The van der Waals surface area contributed by atoms with E-state index in [1.807, 2.05) is 0 Å². The van der Waals surface area contributed by atoms with Gasteiger partial charge in [0.25, 0.3) is 0 Å². The number of halogens is 2. The molecule has 3 rings (SSSR count). The van der Waals surface area contributed by atoms with Crippen molar-refractivity contribution in [3.63, 3.8) is 0 Å². The number of fused-ring (bicyclic) bond motifs is 1. The summed E-state index contributed by atoms with van der Waals surface area (Å²) >= 11 is 0. The summed E-state index contributed by atoms with van der Waals surface area (Å²) in [6.45, 7) is 2.07. The van der Waals surface area contributed by atoms with Crippen LogP contribution in [-0.4, -0.2) is 21.7 Å². The van der Waals surface area contributed by atoms with Gasteiger partial charge in [-0.25, -0.2) is 13.6 Å². The lowest BCUT2D eigenvalue weighted by Crippen LogP contribution is -2.24. The number of carboxylic acid groups (broad SMARTS) is 1. The maximum absolute atomic E-state index is 14.6. The van der Waals surface area contributed by atoms with E-state index >= 15 is 0 Å². The van der Waals surface area contributed by atoms with Crippen molar-refractivity contribution in [2.24, 2.45) is 0 Å². The number of anilines is 1. The molecule has 2 aromatic rings. The third kappa shape index (κ3) is 3.10. The molecule has 134 valence electrons. The highest BCUT2D eigenvalue weighted by molar-refractivity contribution is 5.93. The molecule has 0 atom stereocenters. The maximum atomic E-state index is 14.6. The monoisotopic (exact) mass is 350 g/mol. The predicted molar refractivity (Wildman–Crippen MR) is 91.3 cm³/mol. The average Bonchev–Trinajstić information content (AvgIpc) is 2.60. The molecule has 25 heavy (non-hydrogen) atoms. The number of pyridine rings is 1. The van der Waals surface area contributed by atoms with Crippen molar-refractivity contribution in [3.8, 4) is 0 Å². The molecule has 0 saturated heterocycles. The molecule has 0 aliphatic heterocycles. The summed E-state index contributed by atoms with van der Waals surface area (Å²) in [5.41, 5.74) is -1.37. The van der Waals surface area contributed by atoms with Crippen LogP contribution in [0.4, 0.5) is 14.5 Å². The van der Waals surface area contributed by atoms with Gasteiger partial charge in [0.15, 0.2) is 11.6 Å². The number of nitrogens with one attached hydrogen (secondary N) is 1. The van der Waals surface area contributed by atoms with Gasteiger partial charge in [-0.2, -0.15) is 0 Å². The minimum atomic E-state index is -1.46. The average molecular weight is 350 g/mol. The normalized spacial score (nSPS) is 15.5. The van der Waals surface area contributed by atoms with Gasteiger partial charge in [-0.15, -0.1) is 0 Å². The molecule has 1 aromatic heterocycles. The lowest BCUT2D eigenvalue weighted by atomic mass is 9.95. The molecule has 1 fully saturated rings. The second kappa shape index (κ2) is 6.82. The Labute approximate surface area is 143 Å². The van der Waals surface area contributed by atoms with E-state index < -0.39 is 34.0 Å². The van der Waals surface area contributed by atoms with Gasteiger partial charge < -0.3 is 15.0 Å². The first-order chi connectivity index (χ1) is 11.9. The van der Waals surface area contributed by atoms with Crippen LogP contribution < -0.4 is 10.7 Å². The molecule has 0 amide bonds. The van der Waals surface area contributed by atoms with Crippen LogP contribution in [0.25, 0.3) is 10.9 Å². The van der Waals surface area contributed by atoms with Crippen LogP contribution in [0.1, 0.15) is 49.4 Å². The summed E-state index contributed by atoms with van der Waals surface area (Å²) in [7, 11) is 0. The number of carbonyl (C=O) groups is 1. The van der Waals surface area contributed by atoms with Crippen LogP contribution in [0.15, 0.2) is 17.1 Å². The number of aromatic carboxylic acids is 1. The van der Waals surface area contributed by atoms with Crippen LogP contribution in [0.3, 0.4) is 0 Å². The van der Waals surface area contributed by atoms with E-state index in [0.29, 0.717) is 6.54 Å². The zero-order valence-electron chi connectivity index (χ0n) is 13.9. The molecular formula is C18H20F2N2O3. The number of hydrogen-bond acceptors (Lipinski definition) is 3. The van der Waals surface area contributed by atoms with Crippen LogP contribution in [-0.2, 0) is 6.54 Å². The van der Waals surface area contributed by atoms with Crippen molar-refractivity contribution < 1.29 is 18.7 Å². The molecule has 0 bridgehead atoms. The Kier molecular flexibility index (Phi) is 4.74. The second-order valence-corrected chi connectivity index (χ2v) is 6.39. The number of benzene rings is 1. The highest BCUT2D eigenvalue weighted by Gasteiger charge is 2.23. The third-order valence-electron chi connectivity index (χ3n) is 4.79. The summed E-state index contributed by atoms with van der Waals surface area (Å²) in [4.78, 5) is 23.5. The fraction of sp³-hybridized carbons (Fsp3) is 0.444. The predicted octanol–water partition coefficient (Wildman–Crippen LogP) is 3.74. The van der Waals surface area contributed by atoms with Gasteiger partial charge in [0.2, 0.25) is 5.43 Å². The van der Waals surface area contributed by atoms with Crippen molar-refractivity contribution in [3.05, 3.63) is 39.7 Å². The van der Waals surface area contributed by atoms with Crippen LogP contribution in [0.5, 0.6) is 0 Å². The Morgan fingerprint density at radius 3 is 2.56 bits per heavy atom. The first-order valence-electron chi connectivity index (χ1n) is 8.49. The van der Waals surface area contributed by atoms with Gasteiger partial charge >= 0.3 is 5.97 Å². The van der Waals surface area contributed by atoms with E-state index in [9.17, 15) is 18.4 Å². The molecule has 1 aromatic carbocycles. The van der Waals surface area contributed by atoms with Crippen LogP contribution in [0.2, 0.25) is 0 Å². The minimum absolute atomic E-state index is 0.0153. The molecule has 0 radical (unpaired) electrons. The summed E-state index contributed by atoms with van der Waals surface area (Å²) in [5, 5.41) is 11.7. The smallest absolute Gasteiger partial charge is 0.341 e. The standard InChI is InChI=1S/C18H20F2N2O3/c1-2-22-9-11(18(24)25)17(23)14-13(22)8-12(15(19)16(14)20)21-10-6-4-3-5-7-10/h8-10,21H,2-7H2,1H3,(H,24,25). The lowest BCUT2D eigenvalue weighted by molar-refractivity contribution is 0.0695. The number of nitrogens with zero attached hydrogens (tertiary/aromatic N) is 1. The number of carboxylic acids is 1. The van der Waals surface area contributed by atoms with E-state index in [4.69, 9.17) is 5.11 Å². The van der Waals surface area contributed by atoms with Crippen molar-refractivity contribution in [1.82, 2.24) is 4.57 Å². The van der Waals surface area contributed by atoms with Gasteiger partial charge in [-0.1, -0.05) is 19.3 Å². The molecule has 1 heterocycles. The summed E-state index contributed by atoms with van der Waals surface area (Å²) in [6.07, 6.45) is 6.16. The van der Waals surface area contributed by atoms with Gasteiger partial charge in [0.1, 0.15) is 5.56 Å². The fourth-order valence-corrected chi connectivity index (χ4v) is 3.46. The van der Waals surface area contributed by atoms with Crippen LogP contribution in [0, 0.1) is 11.6 Å². The van der Waals surface area contributed by atoms with Gasteiger partial charge in [0, 0.05) is 18.8 Å². The Morgan fingerprint density at radius 2 is 1.96 bits per heavy atom. The SMILES string of the molecule is CCn1cc(C(=O)O)c(=O)c2c(F)c(F)c(NC3CCCCC3)cc21. The van der Waals surface area contributed by atoms with E-state index in [1.165, 1.54) is 16.8 Å². The number of rotatable bonds is 4. The zero-order chi connectivity index (χ0) is 18.1. The quantitative estimate of drug-likeness (QED) is 0.881. The van der Waals surface area contributed by atoms with E-state index in [2.05, 4.69) is 5.32 Å². The molecule has 1 aliphatic carbocycles. The van der Waals surface area contributed by atoms with E-state index in [1.54, 1.807) is 6.92 Å². The molecule has 0 unspecified atom stereocenters. The minimum Gasteiger partial charge on any atom is -0.477 e. The largest absolute Gasteiger partial charge is 0.477 e. The molecule has 7 heteroatoms. The number of aryl methyl sites for hydroxylation is 1. The van der Waals surface area contributed by atoms with Gasteiger partial charge in [-0.05, 0) is 25.8 Å². The third-order valence-corrected chi connectivity index (χ3v) is 4.79. The maximum Gasteiger partial charge on any atom is 0.341 e. The summed E-state index contributed by atoms with van der Waals surface area (Å²) in [5.74, 6) is -3.90. The summed E-state index contributed by atoms with van der Waals surface area (Å²) < 4.78 is 30.6. The highest BCUT2D eigenvalue weighted by Crippen LogP contribution is 2.29. The molecular weight excluding hydrogens is 330 g/mol. The first kappa shape index (κ1) is 17.4. The second-order valence-electron chi connectivity index (χ2n) is 6.39. The Hall–Kier alpha value is -2.44. The fourth-order valence-electron chi connectivity index (χ4n) is 3.46. The van der Waals surface area contributed by atoms with Crippen molar-refractivity contribution in [1.29, 1.82) is 0 Å². The zero-order valence-corrected chi connectivity index (χ0v) is 13.9. The number of hydrogen-bond donors (Lipinski definition) is 2. The molecule has 5 nitrogen and oxygen atoms in total. The Morgan fingerprint density at radius 1 is 1.28 bits per heavy atom. The topological polar surface area (TPSA) is 71.3 Å². The van der Waals surface area contributed by atoms with Crippen molar-refractivity contribution >= 4 is 22.6 Å². The Bertz CT molecular complexity index is 886. The lowest BCUT2D eigenvalue weighted by Gasteiger charge is -2.24. The number of aromatic nitrogens is 1. The molecule has 1 aliphatic rings. The highest BCUT2D eigenvalue weighted by atomic mass is 19.2. The van der Waals surface area contributed by atoms with Gasteiger partial charge in [-0.3, -0.25) is 4.79 Å². The molecule has 1 saturated carbocycles. The van der Waals surface area contributed by atoms with E-state index in [0.717, 1.165) is 32.1 Å².